The van der Waals surface area contributed by atoms with Gasteiger partial charge in [-0.25, -0.2) is 4.39 Å². The molecular formula is C16H12FN3O3S. The van der Waals surface area contributed by atoms with E-state index in [1.807, 2.05) is 0 Å². The first-order valence-electron chi connectivity index (χ1n) is 7.03. The van der Waals surface area contributed by atoms with Crippen LogP contribution in [-0.4, -0.2) is 23.1 Å². The quantitative estimate of drug-likeness (QED) is 0.523. The topological polar surface area (TPSA) is 74.9 Å². The van der Waals surface area contributed by atoms with Crippen LogP contribution in [0.15, 0.2) is 52.1 Å². The number of carbonyl (C=O) groups is 2. The smallest absolute Gasteiger partial charge is 0.251 e. The largest absolute Gasteiger partial charge is 0.467 e. The lowest BCUT2D eigenvalue weighted by Gasteiger charge is -2.31. The van der Waals surface area contributed by atoms with Gasteiger partial charge in [-0.15, -0.1) is 0 Å². The standard InChI is InChI=1S/C16H12FN3O3S/c17-12-5-1-2-6-13(12)20-15(22)11(14(21)19-16(20)24)9-18-8-10-4-3-7-23-10/h1-7,9,11H,8H2,(H,19,21,24)/t11-/m1/s1. The zero-order valence-electron chi connectivity index (χ0n) is 12.3. The fourth-order valence-electron chi connectivity index (χ4n) is 2.23. The predicted molar refractivity (Wildman–Crippen MR) is 89.0 cm³/mol. The van der Waals surface area contributed by atoms with Gasteiger partial charge in [0.05, 0.1) is 18.5 Å². The molecule has 1 fully saturated rings. The van der Waals surface area contributed by atoms with Crippen LogP contribution < -0.4 is 10.2 Å². The van der Waals surface area contributed by atoms with Gasteiger partial charge in [0.2, 0.25) is 5.91 Å². The highest BCUT2D eigenvalue weighted by Crippen LogP contribution is 2.23. The molecule has 1 atom stereocenters. The van der Waals surface area contributed by atoms with Gasteiger partial charge in [-0.2, -0.15) is 0 Å². The SMILES string of the molecule is O=C1NC(=S)N(c2ccccc2F)C(=O)[C@@H]1C=NCc1ccco1. The van der Waals surface area contributed by atoms with Crippen molar-refractivity contribution in [2.75, 3.05) is 4.90 Å². The molecule has 0 saturated carbocycles. The Balaban J connectivity index is 1.83. The van der Waals surface area contributed by atoms with E-state index in [9.17, 15) is 14.0 Å². The van der Waals surface area contributed by atoms with Crippen molar-refractivity contribution in [1.82, 2.24) is 5.32 Å². The number of carbonyl (C=O) groups excluding carboxylic acids is 2. The summed E-state index contributed by atoms with van der Waals surface area (Å²) < 4.78 is 19.1. The molecule has 2 amide bonds. The maximum atomic E-state index is 14.0. The van der Waals surface area contributed by atoms with Gasteiger partial charge >= 0.3 is 0 Å². The lowest BCUT2D eigenvalue weighted by atomic mass is 10.1. The second-order valence-corrected chi connectivity index (χ2v) is 5.35. The van der Waals surface area contributed by atoms with Crippen LogP contribution in [0.25, 0.3) is 0 Å². The van der Waals surface area contributed by atoms with Crippen LogP contribution in [0.2, 0.25) is 0 Å². The number of hydrogen-bond donors (Lipinski definition) is 1. The molecule has 1 aliphatic heterocycles. The second-order valence-electron chi connectivity index (χ2n) is 4.97. The molecule has 1 aromatic heterocycles. The van der Waals surface area contributed by atoms with Crippen molar-refractivity contribution in [2.45, 2.75) is 6.54 Å². The monoisotopic (exact) mass is 345 g/mol. The molecule has 0 spiro atoms. The fraction of sp³-hybridized carbons (Fsp3) is 0.125. The summed E-state index contributed by atoms with van der Waals surface area (Å²) in [5.41, 5.74) is -0.0167. The normalized spacial score (nSPS) is 18.3. The first kappa shape index (κ1) is 16.0. The van der Waals surface area contributed by atoms with Crippen LogP contribution in [0.5, 0.6) is 0 Å². The summed E-state index contributed by atoms with van der Waals surface area (Å²) in [6.45, 7) is 0.189. The van der Waals surface area contributed by atoms with Gasteiger partial charge in [-0.1, -0.05) is 12.1 Å². The molecule has 24 heavy (non-hydrogen) atoms. The Bertz CT molecular complexity index is 820. The van der Waals surface area contributed by atoms with E-state index in [1.54, 1.807) is 18.2 Å². The van der Waals surface area contributed by atoms with E-state index in [-0.39, 0.29) is 17.3 Å². The average Bonchev–Trinajstić information content (AvgIpc) is 3.05. The molecule has 0 unspecified atom stereocenters. The lowest BCUT2D eigenvalue weighted by Crippen LogP contribution is -2.58. The average molecular weight is 345 g/mol. The van der Waals surface area contributed by atoms with Crippen LogP contribution >= 0.6 is 12.2 Å². The minimum atomic E-state index is -1.19. The number of para-hydroxylation sites is 1. The van der Waals surface area contributed by atoms with Crippen molar-refractivity contribution in [3.63, 3.8) is 0 Å². The Morgan fingerprint density at radius 3 is 2.79 bits per heavy atom. The number of furan rings is 1. The molecule has 0 radical (unpaired) electrons. The Morgan fingerprint density at radius 2 is 2.08 bits per heavy atom. The van der Waals surface area contributed by atoms with E-state index in [1.165, 1.54) is 30.7 Å². The minimum Gasteiger partial charge on any atom is -0.467 e. The maximum Gasteiger partial charge on any atom is 0.251 e. The number of rotatable bonds is 4. The fourth-order valence-corrected chi connectivity index (χ4v) is 2.52. The zero-order chi connectivity index (χ0) is 17.1. The van der Waals surface area contributed by atoms with Crippen molar-refractivity contribution in [2.24, 2.45) is 10.9 Å². The molecule has 0 aliphatic carbocycles. The van der Waals surface area contributed by atoms with Gasteiger partial charge in [0.15, 0.2) is 11.0 Å². The van der Waals surface area contributed by atoms with E-state index < -0.39 is 23.5 Å². The third-order valence-electron chi connectivity index (χ3n) is 3.38. The van der Waals surface area contributed by atoms with E-state index in [4.69, 9.17) is 16.6 Å². The summed E-state index contributed by atoms with van der Waals surface area (Å²) in [7, 11) is 0. The molecule has 0 bridgehead atoms. The Morgan fingerprint density at radius 1 is 1.29 bits per heavy atom. The number of benzene rings is 1. The molecular weight excluding hydrogens is 333 g/mol. The van der Waals surface area contributed by atoms with Crippen molar-refractivity contribution in [3.8, 4) is 0 Å². The van der Waals surface area contributed by atoms with Gasteiger partial charge in [-0.05, 0) is 36.5 Å². The minimum absolute atomic E-state index is 0.0167. The third-order valence-corrected chi connectivity index (χ3v) is 3.66. The van der Waals surface area contributed by atoms with E-state index in [0.717, 1.165) is 4.90 Å². The van der Waals surface area contributed by atoms with Crippen LogP contribution in [0.4, 0.5) is 10.1 Å². The molecule has 6 nitrogen and oxygen atoms in total. The third kappa shape index (κ3) is 3.09. The number of amides is 2. The van der Waals surface area contributed by atoms with Crippen molar-refractivity contribution in [3.05, 3.63) is 54.2 Å². The maximum absolute atomic E-state index is 14.0. The second kappa shape index (κ2) is 6.71. The number of aliphatic imine (C=N–C) groups is 1. The summed E-state index contributed by atoms with van der Waals surface area (Å²) in [5, 5.41) is 2.23. The van der Waals surface area contributed by atoms with Crippen molar-refractivity contribution >= 4 is 41.0 Å². The molecule has 1 aromatic carbocycles. The van der Waals surface area contributed by atoms with Crippen LogP contribution in [0, 0.1) is 11.7 Å². The first-order valence-corrected chi connectivity index (χ1v) is 7.44. The summed E-state index contributed by atoms with van der Waals surface area (Å²) in [4.78, 5) is 29.6. The highest BCUT2D eigenvalue weighted by Gasteiger charge is 2.39. The number of thiocarbonyl (C=S) groups is 1. The van der Waals surface area contributed by atoms with Gasteiger partial charge in [0.25, 0.3) is 5.91 Å². The molecule has 1 aliphatic rings. The summed E-state index contributed by atoms with van der Waals surface area (Å²) in [6, 6.07) is 9.13. The summed E-state index contributed by atoms with van der Waals surface area (Å²) >= 11 is 5.00. The molecule has 1 N–H and O–H groups in total. The highest BCUT2D eigenvalue weighted by atomic mass is 32.1. The molecule has 8 heteroatoms. The van der Waals surface area contributed by atoms with Crippen LogP contribution in [-0.2, 0) is 16.1 Å². The summed E-state index contributed by atoms with van der Waals surface area (Å²) in [6.07, 6.45) is 2.72. The van der Waals surface area contributed by atoms with Crippen LogP contribution in [0.3, 0.4) is 0 Å². The van der Waals surface area contributed by atoms with E-state index >= 15 is 0 Å². The molecule has 1 saturated heterocycles. The number of nitrogens with one attached hydrogen (secondary N) is 1. The van der Waals surface area contributed by atoms with Crippen LogP contribution in [0.1, 0.15) is 5.76 Å². The van der Waals surface area contributed by atoms with Gasteiger partial charge in [-0.3, -0.25) is 19.5 Å². The van der Waals surface area contributed by atoms with Gasteiger partial charge in [0.1, 0.15) is 11.6 Å². The molecule has 122 valence electrons. The number of halogens is 1. The number of anilines is 1. The Kier molecular flexibility index (Phi) is 4.48. The van der Waals surface area contributed by atoms with Crippen molar-refractivity contribution < 1.29 is 18.4 Å². The van der Waals surface area contributed by atoms with Crippen molar-refractivity contribution in [1.29, 1.82) is 0 Å². The van der Waals surface area contributed by atoms with Gasteiger partial charge in [0, 0.05) is 6.21 Å². The molecule has 2 heterocycles. The molecule has 2 aromatic rings. The number of hydrogen-bond acceptors (Lipinski definition) is 5. The van der Waals surface area contributed by atoms with E-state index in [0.29, 0.717) is 5.76 Å². The predicted octanol–water partition coefficient (Wildman–Crippen LogP) is 2.05. The zero-order valence-corrected chi connectivity index (χ0v) is 13.1. The van der Waals surface area contributed by atoms with E-state index in [2.05, 4.69) is 10.3 Å². The summed E-state index contributed by atoms with van der Waals surface area (Å²) in [5.74, 6) is -2.46. The Hall–Kier alpha value is -2.87. The highest BCUT2D eigenvalue weighted by molar-refractivity contribution is 7.80. The molecule has 3 rings (SSSR count). The lowest BCUT2D eigenvalue weighted by molar-refractivity contribution is -0.130. The Labute approximate surface area is 142 Å². The first-order chi connectivity index (χ1) is 11.6. The number of nitrogens with zero attached hydrogens (tertiary/aromatic N) is 2. The van der Waals surface area contributed by atoms with Gasteiger partial charge < -0.3 is 9.73 Å².